The topological polar surface area (TPSA) is 108 Å². The summed E-state index contributed by atoms with van der Waals surface area (Å²) >= 11 is 0. The van der Waals surface area contributed by atoms with Crippen molar-refractivity contribution in [2.24, 2.45) is 4.99 Å². The maximum Gasteiger partial charge on any atom is 0.293 e. The zero-order chi connectivity index (χ0) is 12.0. The molecule has 1 aromatic carbocycles. The van der Waals surface area contributed by atoms with Crippen LogP contribution in [0.1, 0.15) is 10.4 Å². The molecule has 7 heteroatoms. The second kappa shape index (κ2) is 5.35. The second-order valence-electron chi connectivity index (χ2n) is 2.70. The third-order valence-electron chi connectivity index (χ3n) is 1.72. The molecule has 16 heavy (non-hydrogen) atoms. The summed E-state index contributed by atoms with van der Waals surface area (Å²) in [6.07, 6.45) is 2.47. The largest absolute Gasteiger partial charge is 0.341 e. The van der Waals surface area contributed by atoms with Gasteiger partial charge in [-0.1, -0.05) is 0 Å². The molecule has 0 aliphatic rings. The first-order chi connectivity index (χ1) is 7.69. The third-order valence-corrected chi connectivity index (χ3v) is 1.72. The van der Waals surface area contributed by atoms with E-state index in [0.29, 0.717) is 6.29 Å². The Morgan fingerprint density at radius 1 is 1.50 bits per heavy atom. The first kappa shape index (κ1) is 11.5. The van der Waals surface area contributed by atoms with Crippen LogP contribution in [0, 0.1) is 15.5 Å². The molecule has 0 atom stereocenters. The fourth-order valence-corrected chi connectivity index (χ4v) is 1.04. The van der Waals surface area contributed by atoms with Crippen molar-refractivity contribution in [2.45, 2.75) is 0 Å². The molecular weight excluding hydrogens is 212 g/mol. The van der Waals surface area contributed by atoms with Gasteiger partial charge < -0.3 is 5.32 Å². The molecule has 0 amide bonds. The number of hydrogen-bond acceptors (Lipinski definition) is 4. The molecule has 82 valence electrons. The normalized spacial score (nSPS) is 10.0. The minimum absolute atomic E-state index is 0.209. The van der Waals surface area contributed by atoms with Crippen molar-refractivity contribution in [1.82, 2.24) is 0 Å². The van der Waals surface area contributed by atoms with Gasteiger partial charge in [-0.05, 0) is 12.1 Å². The van der Waals surface area contributed by atoms with Crippen molar-refractivity contribution in [1.29, 1.82) is 5.41 Å². The van der Waals surface area contributed by atoms with E-state index in [2.05, 4.69) is 10.3 Å². The van der Waals surface area contributed by atoms with Crippen LogP contribution >= 0.6 is 0 Å². The summed E-state index contributed by atoms with van der Waals surface area (Å²) in [4.78, 5) is 24.0. The highest BCUT2D eigenvalue weighted by molar-refractivity contribution is 5.86. The molecule has 0 saturated carbocycles. The van der Waals surface area contributed by atoms with Gasteiger partial charge in [0.25, 0.3) is 5.69 Å². The lowest BCUT2D eigenvalue weighted by Gasteiger charge is -2.01. The molecule has 0 fully saturated rings. The first-order valence-electron chi connectivity index (χ1n) is 4.19. The number of hydrogen-bond donors (Lipinski definition) is 2. The Morgan fingerprint density at radius 3 is 2.81 bits per heavy atom. The van der Waals surface area contributed by atoms with Crippen LogP contribution < -0.4 is 5.32 Å². The Morgan fingerprint density at radius 2 is 2.25 bits per heavy atom. The molecular formula is C9H8N4O3. The van der Waals surface area contributed by atoms with Crippen molar-refractivity contribution in [3.05, 3.63) is 33.9 Å². The van der Waals surface area contributed by atoms with Gasteiger partial charge in [0.15, 0.2) is 0 Å². The van der Waals surface area contributed by atoms with Gasteiger partial charge >= 0.3 is 0 Å². The minimum Gasteiger partial charge on any atom is -0.341 e. The van der Waals surface area contributed by atoms with E-state index in [-0.39, 0.29) is 16.9 Å². The molecule has 2 N–H and O–H groups in total. The first-order valence-corrected chi connectivity index (χ1v) is 4.19. The molecule has 0 radical (unpaired) electrons. The van der Waals surface area contributed by atoms with Crippen LogP contribution in [-0.2, 0) is 0 Å². The van der Waals surface area contributed by atoms with Crippen molar-refractivity contribution < 1.29 is 9.72 Å². The molecule has 7 nitrogen and oxygen atoms in total. The number of carbonyl (C=O) groups excluding carboxylic acids is 1. The number of benzene rings is 1. The maximum absolute atomic E-state index is 10.7. The Balaban J connectivity index is 3.07. The lowest BCUT2D eigenvalue weighted by Crippen LogP contribution is -2.00. The van der Waals surface area contributed by atoms with Gasteiger partial charge in [-0.3, -0.25) is 20.3 Å². The van der Waals surface area contributed by atoms with E-state index >= 15 is 0 Å². The molecule has 0 aliphatic heterocycles. The van der Waals surface area contributed by atoms with E-state index in [1.807, 2.05) is 0 Å². The number of aliphatic imine (C=N–C) groups is 1. The molecule has 0 bridgehead atoms. The Kier molecular flexibility index (Phi) is 3.84. The summed E-state index contributed by atoms with van der Waals surface area (Å²) in [6.45, 7) is 0. The zero-order valence-corrected chi connectivity index (χ0v) is 8.08. The Bertz CT molecular complexity index is 456. The highest BCUT2D eigenvalue weighted by Crippen LogP contribution is 2.24. The average molecular weight is 220 g/mol. The fraction of sp³-hybridized carbons (Fsp3) is 0. The number of nitro groups is 1. The van der Waals surface area contributed by atoms with Gasteiger partial charge in [-0.2, -0.15) is 0 Å². The van der Waals surface area contributed by atoms with E-state index in [4.69, 9.17) is 5.41 Å². The minimum atomic E-state index is -0.604. The zero-order valence-electron chi connectivity index (χ0n) is 8.08. The van der Waals surface area contributed by atoms with Crippen LogP contribution in [0.15, 0.2) is 23.2 Å². The number of aldehydes is 1. The molecule has 1 aromatic rings. The average Bonchev–Trinajstić information content (AvgIpc) is 2.29. The number of anilines is 1. The van der Waals surface area contributed by atoms with Crippen LogP contribution in [0.3, 0.4) is 0 Å². The Hall–Kier alpha value is -2.57. The van der Waals surface area contributed by atoms with Crippen LogP contribution in [-0.4, -0.2) is 23.9 Å². The van der Waals surface area contributed by atoms with Crippen molar-refractivity contribution >= 4 is 30.3 Å². The van der Waals surface area contributed by atoms with Crippen molar-refractivity contribution in [2.75, 3.05) is 5.32 Å². The van der Waals surface area contributed by atoms with Gasteiger partial charge in [0.05, 0.1) is 11.3 Å². The van der Waals surface area contributed by atoms with Crippen LogP contribution in [0.5, 0.6) is 0 Å². The highest BCUT2D eigenvalue weighted by atomic mass is 16.6. The summed E-state index contributed by atoms with van der Waals surface area (Å²) in [5.74, 6) is 0. The highest BCUT2D eigenvalue weighted by Gasteiger charge is 2.13. The van der Waals surface area contributed by atoms with Gasteiger partial charge in [-0.15, -0.1) is 0 Å². The Labute approximate surface area is 90.5 Å². The molecule has 0 saturated heterocycles. The van der Waals surface area contributed by atoms with Gasteiger partial charge in [0.2, 0.25) is 0 Å². The monoisotopic (exact) mass is 220 g/mol. The summed E-state index contributed by atoms with van der Waals surface area (Å²) < 4.78 is 0. The van der Waals surface area contributed by atoms with E-state index in [1.54, 1.807) is 0 Å². The van der Waals surface area contributed by atoms with E-state index in [9.17, 15) is 14.9 Å². The van der Waals surface area contributed by atoms with Gasteiger partial charge in [0, 0.05) is 11.6 Å². The van der Waals surface area contributed by atoms with Crippen LogP contribution in [0.2, 0.25) is 0 Å². The quantitative estimate of drug-likeness (QED) is 0.257. The van der Waals surface area contributed by atoms with Crippen molar-refractivity contribution in [3.63, 3.8) is 0 Å². The SMILES string of the molecule is N=C/N=C\Nc1ccc(C=O)cc1[N+](=O)[O-]. The van der Waals surface area contributed by atoms with E-state index < -0.39 is 4.92 Å². The van der Waals surface area contributed by atoms with Gasteiger partial charge in [-0.25, -0.2) is 4.99 Å². The third kappa shape index (κ3) is 2.71. The summed E-state index contributed by atoms with van der Waals surface area (Å²) in [6, 6.07) is 4.01. The number of nitro benzene ring substituents is 1. The summed E-state index contributed by atoms with van der Waals surface area (Å²) in [7, 11) is 0. The smallest absolute Gasteiger partial charge is 0.293 e. The number of carbonyl (C=O) groups is 1. The number of nitrogens with zero attached hydrogens (tertiary/aromatic N) is 2. The fourth-order valence-electron chi connectivity index (χ4n) is 1.04. The van der Waals surface area contributed by atoms with E-state index in [1.165, 1.54) is 12.1 Å². The van der Waals surface area contributed by atoms with E-state index in [0.717, 1.165) is 18.7 Å². The molecule has 0 aliphatic carbocycles. The number of nitrogens with one attached hydrogen (secondary N) is 2. The lowest BCUT2D eigenvalue weighted by atomic mass is 10.2. The predicted octanol–water partition coefficient (Wildman–Crippen LogP) is 1.45. The summed E-state index contributed by atoms with van der Waals surface area (Å²) in [5.41, 5.74) is 0.212. The molecule has 0 heterocycles. The van der Waals surface area contributed by atoms with Crippen LogP contribution in [0.25, 0.3) is 0 Å². The predicted molar refractivity (Wildman–Crippen MR) is 59.4 cm³/mol. The van der Waals surface area contributed by atoms with Crippen molar-refractivity contribution in [3.8, 4) is 0 Å². The molecule has 0 spiro atoms. The molecule has 0 unspecified atom stereocenters. The second-order valence-corrected chi connectivity index (χ2v) is 2.70. The lowest BCUT2D eigenvalue weighted by molar-refractivity contribution is -0.383. The molecule has 0 aromatic heterocycles. The summed E-state index contributed by atoms with van der Waals surface area (Å²) in [5, 5.41) is 19.9. The van der Waals surface area contributed by atoms with Gasteiger partial charge in [0.1, 0.15) is 18.3 Å². The maximum atomic E-state index is 10.7. The standard InChI is InChI=1S/C9H8N4O3/c10-5-11-6-12-8-2-1-7(4-14)3-9(8)13(15)16/h1-6H,(H2,10,11,12). The number of rotatable bonds is 5. The molecule has 1 rings (SSSR count). The van der Waals surface area contributed by atoms with Crippen LogP contribution in [0.4, 0.5) is 11.4 Å².